The molecular formula is C14H19N3. The predicted molar refractivity (Wildman–Crippen MR) is 69.9 cm³/mol. The maximum absolute atomic E-state index is 8.85. The smallest absolute Gasteiger partial charge is 0.0992 e. The largest absolute Gasteiger partial charge is 0.382 e. The number of benzene rings is 1. The summed E-state index contributed by atoms with van der Waals surface area (Å²) in [6, 6.07) is 10.4. The van der Waals surface area contributed by atoms with Crippen molar-refractivity contribution in [2.45, 2.75) is 25.8 Å². The fraction of sp³-hybridized carbons (Fsp3) is 0.500. The van der Waals surface area contributed by atoms with Crippen molar-refractivity contribution in [1.29, 1.82) is 5.26 Å². The lowest BCUT2D eigenvalue weighted by Crippen LogP contribution is -2.38. The van der Waals surface area contributed by atoms with Crippen LogP contribution in [0, 0.1) is 11.3 Å². The quantitative estimate of drug-likeness (QED) is 0.865. The van der Waals surface area contributed by atoms with E-state index in [1.807, 2.05) is 24.3 Å². The predicted octanol–water partition coefficient (Wildman–Crippen LogP) is 2.45. The van der Waals surface area contributed by atoms with Gasteiger partial charge in [0.2, 0.25) is 0 Å². The van der Waals surface area contributed by atoms with E-state index in [1.54, 1.807) is 0 Å². The van der Waals surface area contributed by atoms with Crippen LogP contribution in [-0.4, -0.2) is 30.6 Å². The molecule has 17 heavy (non-hydrogen) atoms. The van der Waals surface area contributed by atoms with Gasteiger partial charge in [0.25, 0.3) is 0 Å². The molecule has 2 rings (SSSR count). The van der Waals surface area contributed by atoms with Gasteiger partial charge in [-0.3, -0.25) is 0 Å². The van der Waals surface area contributed by atoms with Crippen molar-refractivity contribution in [3.05, 3.63) is 29.8 Å². The molecule has 1 heterocycles. The zero-order chi connectivity index (χ0) is 12.1. The van der Waals surface area contributed by atoms with Crippen LogP contribution in [0.15, 0.2) is 24.3 Å². The van der Waals surface area contributed by atoms with E-state index < -0.39 is 0 Å². The Kier molecular flexibility index (Phi) is 4.00. The molecule has 0 unspecified atom stereocenters. The number of nitriles is 1. The molecule has 0 saturated carbocycles. The second kappa shape index (κ2) is 5.70. The number of rotatable bonds is 3. The van der Waals surface area contributed by atoms with E-state index >= 15 is 0 Å². The zero-order valence-corrected chi connectivity index (χ0v) is 10.3. The summed E-state index contributed by atoms with van der Waals surface area (Å²) in [7, 11) is 0. The number of hydrogen-bond acceptors (Lipinski definition) is 3. The number of piperidine rings is 1. The summed E-state index contributed by atoms with van der Waals surface area (Å²) in [5.41, 5.74) is 1.79. The highest BCUT2D eigenvalue weighted by atomic mass is 15.1. The summed E-state index contributed by atoms with van der Waals surface area (Å²) in [5.74, 6) is 0. The van der Waals surface area contributed by atoms with Crippen molar-refractivity contribution < 1.29 is 0 Å². The molecule has 0 spiro atoms. The normalized spacial score (nSPS) is 17.6. The molecule has 1 fully saturated rings. The van der Waals surface area contributed by atoms with Crippen molar-refractivity contribution in [2.75, 3.05) is 25.0 Å². The SMILES string of the molecule is CCN1CCC(Nc2cccc(C#N)c2)CC1. The molecule has 0 bridgehead atoms. The van der Waals surface area contributed by atoms with Crippen LogP contribution in [0.3, 0.4) is 0 Å². The van der Waals surface area contributed by atoms with Crippen LogP contribution in [0.2, 0.25) is 0 Å². The van der Waals surface area contributed by atoms with E-state index in [9.17, 15) is 0 Å². The number of nitrogens with one attached hydrogen (secondary N) is 1. The highest BCUT2D eigenvalue weighted by Gasteiger charge is 2.17. The van der Waals surface area contributed by atoms with Crippen LogP contribution in [0.25, 0.3) is 0 Å². The van der Waals surface area contributed by atoms with Gasteiger partial charge in [-0.1, -0.05) is 13.0 Å². The molecule has 1 aromatic rings. The maximum atomic E-state index is 8.85. The van der Waals surface area contributed by atoms with Gasteiger partial charge in [-0.05, 0) is 37.6 Å². The first-order valence-corrected chi connectivity index (χ1v) is 6.31. The third kappa shape index (κ3) is 3.21. The summed E-state index contributed by atoms with van der Waals surface area (Å²) >= 11 is 0. The van der Waals surface area contributed by atoms with Gasteiger partial charge in [0, 0.05) is 24.8 Å². The highest BCUT2D eigenvalue weighted by molar-refractivity contribution is 5.49. The molecule has 0 radical (unpaired) electrons. The van der Waals surface area contributed by atoms with Gasteiger partial charge in [0.15, 0.2) is 0 Å². The lowest BCUT2D eigenvalue weighted by Gasteiger charge is -2.32. The van der Waals surface area contributed by atoms with Crippen molar-refractivity contribution in [2.24, 2.45) is 0 Å². The first-order valence-electron chi connectivity index (χ1n) is 6.31. The molecule has 1 aliphatic heterocycles. The van der Waals surface area contributed by atoms with Crippen LogP contribution in [0.4, 0.5) is 5.69 Å². The second-order valence-corrected chi connectivity index (χ2v) is 4.55. The Morgan fingerprint density at radius 2 is 2.18 bits per heavy atom. The molecule has 0 aliphatic carbocycles. The van der Waals surface area contributed by atoms with Crippen LogP contribution >= 0.6 is 0 Å². The topological polar surface area (TPSA) is 39.1 Å². The zero-order valence-electron chi connectivity index (χ0n) is 10.3. The summed E-state index contributed by atoms with van der Waals surface area (Å²) < 4.78 is 0. The van der Waals surface area contributed by atoms with Gasteiger partial charge in [-0.25, -0.2) is 0 Å². The Morgan fingerprint density at radius 3 is 2.82 bits per heavy atom. The molecule has 3 nitrogen and oxygen atoms in total. The molecule has 90 valence electrons. The summed E-state index contributed by atoms with van der Waals surface area (Å²) in [5, 5.41) is 12.4. The van der Waals surface area contributed by atoms with Crippen LogP contribution in [-0.2, 0) is 0 Å². The molecule has 1 N–H and O–H groups in total. The minimum Gasteiger partial charge on any atom is -0.382 e. The Hall–Kier alpha value is -1.53. The van der Waals surface area contributed by atoms with E-state index in [0.717, 1.165) is 17.8 Å². The fourth-order valence-electron chi connectivity index (χ4n) is 2.31. The second-order valence-electron chi connectivity index (χ2n) is 4.55. The van der Waals surface area contributed by atoms with E-state index in [-0.39, 0.29) is 0 Å². The van der Waals surface area contributed by atoms with Crippen LogP contribution in [0.5, 0.6) is 0 Å². The summed E-state index contributed by atoms with van der Waals surface area (Å²) in [6.45, 7) is 5.71. The van der Waals surface area contributed by atoms with Crippen molar-refractivity contribution in [3.8, 4) is 6.07 Å². The fourth-order valence-corrected chi connectivity index (χ4v) is 2.31. The minimum absolute atomic E-state index is 0.548. The first-order chi connectivity index (χ1) is 8.31. The van der Waals surface area contributed by atoms with Crippen LogP contribution < -0.4 is 5.32 Å². The van der Waals surface area contributed by atoms with E-state index in [4.69, 9.17) is 5.26 Å². The Balaban J connectivity index is 1.91. The van der Waals surface area contributed by atoms with Gasteiger partial charge in [0.1, 0.15) is 0 Å². The molecule has 1 aromatic carbocycles. The molecule has 1 saturated heterocycles. The first kappa shape index (κ1) is 11.9. The third-order valence-corrected chi connectivity index (χ3v) is 3.40. The van der Waals surface area contributed by atoms with Gasteiger partial charge in [0.05, 0.1) is 11.6 Å². The van der Waals surface area contributed by atoms with E-state index in [1.165, 1.54) is 25.9 Å². The lowest BCUT2D eigenvalue weighted by atomic mass is 10.0. The summed E-state index contributed by atoms with van der Waals surface area (Å²) in [4.78, 5) is 2.48. The summed E-state index contributed by atoms with van der Waals surface area (Å²) in [6.07, 6.45) is 2.37. The maximum Gasteiger partial charge on any atom is 0.0992 e. The van der Waals surface area contributed by atoms with E-state index in [2.05, 4.69) is 23.2 Å². The molecule has 0 atom stereocenters. The molecule has 1 aliphatic rings. The molecular weight excluding hydrogens is 210 g/mol. The Bertz CT molecular complexity index is 400. The minimum atomic E-state index is 0.548. The van der Waals surface area contributed by atoms with Crippen molar-refractivity contribution in [3.63, 3.8) is 0 Å². The highest BCUT2D eigenvalue weighted by Crippen LogP contribution is 2.17. The van der Waals surface area contributed by atoms with Gasteiger partial charge in [-0.2, -0.15) is 5.26 Å². The number of nitrogens with zero attached hydrogens (tertiary/aromatic N) is 2. The molecule has 0 amide bonds. The van der Waals surface area contributed by atoms with Gasteiger partial charge >= 0.3 is 0 Å². The Labute approximate surface area is 103 Å². The standard InChI is InChI=1S/C14H19N3/c1-2-17-8-6-13(7-9-17)16-14-5-3-4-12(10-14)11-15/h3-5,10,13,16H,2,6-9H2,1H3. The lowest BCUT2D eigenvalue weighted by molar-refractivity contribution is 0.229. The van der Waals surface area contributed by atoms with Crippen molar-refractivity contribution >= 4 is 5.69 Å². The number of likely N-dealkylation sites (tertiary alicyclic amines) is 1. The monoisotopic (exact) mass is 229 g/mol. The van der Waals surface area contributed by atoms with Crippen LogP contribution in [0.1, 0.15) is 25.3 Å². The number of anilines is 1. The third-order valence-electron chi connectivity index (χ3n) is 3.40. The van der Waals surface area contributed by atoms with E-state index in [0.29, 0.717) is 6.04 Å². The van der Waals surface area contributed by atoms with Gasteiger partial charge in [-0.15, -0.1) is 0 Å². The average Bonchev–Trinajstić information content (AvgIpc) is 2.40. The molecule has 0 aromatic heterocycles. The van der Waals surface area contributed by atoms with Crippen molar-refractivity contribution in [1.82, 2.24) is 4.90 Å². The average molecular weight is 229 g/mol. The molecule has 3 heteroatoms. The number of hydrogen-bond donors (Lipinski definition) is 1. The van der Waals surface area contributed by atoms with Gasteiger partial charge < -0.3 is 10.2 Å². The Morgan fingerprint density at radius 1 is 1.41 bits per heavy atom.